The van der Waals surface area contributed by atoms with E-state index in [-0.39, 0.29) is 6.04 Å². The van der Waals surface area contributed by atoms with Crippen LogP contribution in [0.2, 0.25) is 5.02 Å². The van der Waals surface area contributed by atoms with Crippen molar-refractivity contribution >= 4 is 11.6 Å². The van der Waals surface area contributed by atoms with E-state index in [4.69, 9.17) is 17.3 Å². The molecular formula is C16H22ClN3. The number of nitrogens with zero attached hydrogens (tertiary/aromatic N) is 2. The zero-order valence-corrected chi connectivity index (χ0v) is 13.3. The van der Waals surface area contributed by atoms with Crippen molar-refractivity contribution in [1.82, 2.24) is 9.78 Å². The van der Waals surface area contributed by atoms with E-state index in [2.05, 4.69) is 31.9 Å². The summed E-state index contributed by atoms with van der Waals surface area (Å²) in [7, 11) is 0. The van der Waals surface area contributed by atoms with E-state index in [0.29, 0.717) is 0 Å². The molecule has 1 aromatic heterocycles. The topological polar surface area (TPSA) is 43.8 Å². The van der Waals surface area contributed by atoms with E-state index in [9.17, 15) is 0 Å². The first-order valence-corrected chi connectivity index (χ1v) is 7.39. The molecule has 3 nitrogen and oxygen atoms in total. The molecule has 0 radical (unpaired) electrons. The molecule has 1 atom stereocenters. The zero-order chi connectivity index (χ0) is 14.9. The number of rotatable bonds is 4. The molecule has 0 amide bonds. The lowest BCUT2D eigenvalue weighted by Crippen LogP contribution is -2.22. The Morgan fingerprint density at radius 2 is 2.00 bits per heavy atom. The van der Waals surface area contributed by atoms with Gasteiger partial charge in [0, 0.05) is 11.7 Å². The van der Waals surface area contributed by atoms with Gasteiger partial charge in [-0.1, -0.05) is 30.7 Å². The third kappa shape index (κ3) is 2.74. The molecule has 1 aromatic carbocycles. The maximum absolute atomic E-state index is 6.42. The van der Waals surface area contributed by atoms with Crippen LogP contribution in [0.5, 0.6) is 0 Å². The number of nitrogens with two attached hydrogens (primary N) is 1. The van der Waals surface area contributed by atoms with Crippen molar-refractivity contribution in [2.24, 2.45) is 5.73 Å². The molecule has 0 spiro atoms. The maximum atomic E-state index is 6.42. The van der Waals surface area contributed by atoms with Gasteiger partial charge in [-0.15, -0.1) is 0 Å². The van der Waals surface area contributed by atoms with Crippen molar-refractivity contribution in [2.75, 3.05) is 0 Å². The quantitative estimate of drug-likeness (QED) is 0.933. The molecule has 0 saturated carbocycles. The van der Waals surface area contributed by atoms with E-state index in [1.54, 1.807) is 0 Å². The molecular weight excluding hydrogens is 270 g/mol. The number of hydrogen-bond acceptors (Lipinski definition) is 2. The van der Waals surface area contributed by atoms with Gasteiger partial charge in [0.05, 0.1) is 16.4 Å². The summed E-state index contributed by atoms with van der Waals surface area (Å²) in [5.74, 6) is 0. The summed E-state index contributed by atoms with van der Waals surface area (Å²) in [6.07, 6.45) is 1.76. The summed E-state index contributed by atoms with van der Waals surface area (Å²) in [6.45, 7) is 8.28. The molecule has 2 N–H and O–H groups in total. The van der Waals surface area contributed by atoms with Crippen LogP contribution in [0.25, 0.3) is 5.69 Å². The van der Waals surface area contributed by atoms with E-state index in [1.165, 1.54) is 5.56 Å². The van der Waals surface area contributed by atoms with Crippen LogP contribution >= 0.6 is 11.6 Å². The largest absolute Gasteiger partial charge is 0.327 e. The predicted molar refractivity (Wildman–Crippen MR) is 84.8 cm³/mol. The Kier molecular flexibility index (Phi) is 4.51. The average molecular weight is 292 g/mol. The molecule has 0 fully saturated rings. The summed E-state index contributed by atoms with van der Waals surface area (Å²) < 4.78 is 1.95. The summed E-state index contributed by atoms with van der Waals surface area (Å²) >= 11 is 6.42. The van der Waals surface area contributed by atoms with Crippen molar-refractivity contribution < 1.29 is 0 Å². The molecule has 0 aliphatic carbocycles. The fourth-order valence-corrected chi connectivity index (χ4v) is 2.60. The molecule has 4 heteroatoms. The smallest absolute Gasteiger partial charge is 0.0867 e. The Morgan fingerprint density at radius 3 is 2.55 bits per heavy atom. The van der Waals surface area contributed by atoms with Gasteiger partial charge in [-0.2, -0.15) is 5.10 Å². The van der Waals surface area contributed by atoms with Gasteiger partial charge in [0.15, 0.2) is 0 Å². The molecule has 0 aliphatic rings. The van der Waals surface area contributed by atoms with Crippen LogP contribution in [0.15, 0.2) is 18.2 Å². The summed E-state index contributed by atoms with van der Waals surface area (Å²) in [6, 6.07) is 6.11. The van der Waals surface area contributed by atoms with Crippen LogP contribution in [0, 0.1) is 20.8 Å². The number of benzene rings is 1. The third-order valence-corrected chi connectivity index (χ3v) is 4.25. The van der Waals surface area contributed by atoms with Crippen LogP contribution in [-0.2, 0) is 6.42 Å². The Bertz CT molecular complexity index is 616. The van der Waals surface area contributed by atoms with Crippen molar-refractivity contribution in [3.05, 3.63) is 45.7 Å². The van der Waals surface area contributed by atoms with Crippen molar-refractivity contribution in [1.29, 1.82) is 0 Å². The van der Waals surface area contributed by atoms with Crippen molar-refractivity contribution in [3.63, 3.8) is 0 Å². The molecule has 1 unspecified atom stereocenters. The Hall–Kier alpha value is -1.32. The molecule has 20 heavy (non-hydrogen) atoms. The van der Waals surface area contributed by atoms with Gasteiger partial charge in [-0.05, 0) is 50.8 Å². The van der Waals surface area contributed by atoms with Gasteiger partial charge in [-0.25, -0.2) is 4.68 Å². The van der Waals surface area contributed by atoms with E-state index < -0.39 is 0 Å². The first-order chi connectivity index (χ1) is 9.45. The van der Waals surface area contributed by atoms with Gasteiger partial charge in [0.2, 0.25) is 0 Å². The fourth-order valence-electron chi connectivity index (χ4n) is 2.33. The number of halogens is 1. The highest BCUT2D eigenvalue weighted by Gasteiger charge is 2.16. The Balaban J connectivity index is 2.57. The standard InChI is InChI=1S/C16H22ClN3/c1-5-14(18)9-13-7-6-8-15(17)16(13)20-12(4)10(2)11(3)19-20/h6-8,14H,5,9,18H2,1-4H3. The van der Waals surface area contributed by atoms with Gasteiger partial charge < -0.3 is 5.73 Å². The highest BCUT2D eigenvalue weighted by atomic mass is 35.5. The molecule has 1 heterocycles. The van der Waals surface area contributed by atoms with Gasteiger partial charge >= 0.3 is 0 Å². The second-order valence-corrected chi connectivity index (χ2v) is 5.73. The normalized spacial score (nSPS) is 12.7. The van der Waals surface area contributed by atoms with E-state index in [1.807, 2.05) is 23.7 Å². The Morgan fingerprint density at radius 1 is 1.30 bits per heavy atom. The van der Waals surface area contributed by atoms with Crippen LogP contribution in [0.3, 0.4) is 0 Å². The second kappa shape index (κ2) is 5.98. The molecule has 2 rings (SSSR count). The highest BCUT2D eigenvalue weighted by Crippen LogP contribution is 2.28. The summed E-state index contributed by atoms with van der Waals surface area (Å²) in [5.41, 5.74) is 11.6. The van der Waals surface area contributed by atoms with Crippen LogP contribution in [0.4, 0.5) is 0 Å². The second-order valence-electron chi connectivity index (χ2n) is 5.33. The first kappa shape index (κ1) is 15.1. The molecule has 0 bridgehead atoms. The SMILES string of the molecule is CCC(N)Cc1cccc(Cl)c1-n1nc(C)c(C)c1C. The number of aromatic nitrogens is 2. The third-order valence-electron chi connectivity index (χ3n) is 3.94. The van der Waals surface area contributed by atoms with Crippen LogP contribution < -0.4 is 5.73 Å². The maximum Gasteiger partial charge on any atom is 0.0867 e. The minimum atomic E-state index is 0.144. The first-order valence-electron chi connectivity index (χ1n) is 7.01. The van der Waals surface area contributed by atoms with Crippen molar-refractivity contribution in [2.45, 2.75) is 46.6 Å². The van der Waals surface area contributed by atoms with Crippen molar-refractivity contribution in [3.8, 4) is 5.69 Å². The zero-order valence-electron chi connectivity index (χ0n) is 12.6. The molecule has 0 aliphatic heterocycles. The average Bonchev–Trinajstić information content (AvgIpc) is 2.66. The minimum Gasteiger partial charge on any atom is -0.327 e. The summed E-state index contributed by atoms with van der Waals surface area (Å²) in [4.78, 5) is 0. The van der Waals surface area contributed by atoms with E-state index >= 15 is 0 Å². The van der Waals surface area contributed by atoms with Crippen LogP contribution in [0.1, 0.15) is 35.9 Å². The lowest BCUT2D eigenvalue weighted by atomic mass is 10.0. The predicted octanol–water partition coefficient (Wildman–Crippen LogP) is 3.73. The summed E-state index contributed by atoms with van der Waals surface area (Å²) in [5, 5.41) is 5.34. The number of hydrogen-bond donors (Lipinski definition) is 1. The number of aryl methyl sites for hydroxylation is 1. The molecule has 0 saturated heterocycles. The van der Waals surface area contributed by atoms with E-state index in [0.717, 1.165) is 40.5 Å². The fraction of sp³-hybridized carbons (Fsp3) is 0.438. The highest BCUT2D eigenvalue weighted by molar-refractivity contribution is 6.32. The molecule has 2 aromatic rings. The van der Waals surface area contributed by atoms with Crippen LogP contribution in [-0.4, -0.2) is 15.8 Å². The lowest BCUT2D eigenvalue weighted by molar-refractivity contribution is 0.641. The lowest BCUT2D eigenvalue weighted by Gasteiger charge is -2.16. The monoisotopic (exact) mass is 291 g/mol. The molecule has 108 valence electrons. The van der Waals surface area contributed by atoms with Gasteiger partial charge in [0.25, 0.3) is 0 Å². The number of para-hydroxylation sites is 1. The minimum absolute atomic E-state index is 0.144. The Labute approximate surface area is 125 Å². The van der Waals surface area contributed by atoms with Gasteiger partial charge in [0.1, 0.15) is 0 Å². The van der Waals surface area contributed by atoms with Gasteiger partial charge in [-0.3, -0.25) is 0 Å².